The van der Waals surface area contributed by atoms with Crippen LogP contribution < -0.4 is 15.0 Å². The largest absolute Gasteiger partial charge is 0.493 e. The summed E-state index contributed by atoms with van der Waals surface area (Å²) < 4.78 is 10.4. The van der Waals surface area contributed by atoms with E-state index in [4.69, 9.17) is 14.3 Å². The molecule has 0 amide bonds. The summed E-state index contributed by atoms with van der Waals surface area (Å²) in [6, 6.07) is 6.42. The van der Waals surface area contributed by atoms with Crippen LogP contribution in [0.4, 0.5) is 0 Å². The summed E-state index contributed by atoms with van der Waals surface area (Å²) in [7, 11) is 5.31. The van der Waals surface area contributed by atoms with Gasteiger partial charge in [0, 0.05) is 30.3 Å². The van der Waals surface area contributed by atoms with E-state index in [1.807, 2.05) is 6.07 Å². The van der Waals surface area contributed by atoms with Gasteiger partial charge in [-0.2, -0.15) is 0 Å². The molecule has 1 aromatic carbocycles. The normalized spacial score (nSPS) is 22.6. The van der Waals surface area contributed by atoms with Crippen LogP contribution in [0.1, 0.15) is 24.8 Å². The zero-order valence-electron chi connectivity index (χ0n) is 14.8. The first-order valence-corrected chi connectivity index (χ1v) is 8.40. The van der Waals surface area contributed by atoms with E-state index < -0.39 is 5.97 Å². The van der Waals surface area contributed by atoms with E-state index in [2.05, 4.69) is 23.5 Å². The average molecular weight is 344 g/mol. The highest BCUT2D eigenvalue weighted by molar-refractivity contribution is 5.87. The summed E-state index contributed by atoms with van der Waals surface area (Å²) in [5.74, 6) is 0.817. The minimum absolute atomic E-state index is 0.443. The molecule has 2 aliphatic rings. The Hall–Kier alpha value is -2.47. The monoisotopic (exact) mass is 344 g/mol. The Labute approximate surface area is 148 Å². The highest BCUT2D eigenvalue weighted by atomic mass is 16.7. The van der Waals surface area contributed by atoms with Gasteiger partial charge in [0.15, 0.2) is 11.5 Å². The molecule has 3 rings (SSSR count). The van der Waals surface area contributed by atoms with E-state index in [1.54, 1.807) is 32.4 Å². The number of carbonyl (C=O) groups is 1. The minimum Gasteiger partial charge on any atom is -0.493 e. The summed E-state index contributed by atoms with van der Waals surface area (Å²) >= 11 is 0. The maximum atomic E-state index is 11.9. The van der Waals surface area contributed by atoms with Crippen LogP contribution in [0.3, 0.4) is 0 Å². The molecule has 0 saturated carbocycles. The summed E-state index contributed by atoms with van der Waals surface area (Å²) in [4.78, 5) is 19.4. The second-order valence-corrected chi connectivity index (χ2v) is 6.33. The van der Waals surface area contributed by atoms with Crippen LogP contribution in [0, 0.1) is 0 Å². The van der Waals surface area contributed by atoms with Gasteiger partial charge in [0.2, 0.25) is 0 Å². The van der Waals surface area contributed by atoms with Crippen LogP contribution in [-0.4, -0.2) is 44.2 Å². The highest BCUT2D eigenvalue weighted by Gasteiger charge is 2.33. The standard InChI is InChI=1S/C19H24N2O4/c1-21-15-6-7-16(21)12-14(11-15)20-25-19(22)9-5-13-4-8-17(23-2)18(10-13)24-3/h4-5,8-11,15-16,20H,6-7,12H2,1-3H3. The molecule has 2 unspecified atom stereocenters. The molecule has 2 heterocycles. The van der Waals surface area contributed by atoms with Gasteiger partial charge in [-0.05, 0) is 49.7 Å². The van der Waals surface area contributed by atoms with Gasteiger partial charge in [0.05, 0.1) is 14.2 Å². The quantitative estimate of drug-likeness (QED) is 0.632. The fourth-order valence-electron chi connectivity index (χ4n) is 3.39. The van der Waals surface area contributed by atoms with E-state index in [-0.39, 0.29) is 0 Å². The van der Waals surface area contributed by atoms with Crippen molar-refractivity contribution in [3.8, 4) is 11.5 Å². The number of rotatable bonds is 6. The molecule has 2 atom stereocenters. The molecule has 1 aromatic rings. The Morgan fingerprint density at radius 2 is 2.04 bits per heavy atom. The second kappa shape index (κ2) is 7.61. The molecule has 0 aromatic heterocycles. The first kappa shape index (κ1) is 17.4. The Bertz CT molecular complexity index is 699. The van der Waals surface area contributed by atoms with Gasteiger partial charge >= 0.3 is 5.97 Å². The van der Waals surface area contributed by atoms with Gasteiger partial charge in [-0.3, -0.25) is 4.90 Å². The van der Waals surface area contributed by atoms with Crippen molar-refractivity contribution in [2.75, 3.05) is 21.3 Å². The number of fused-ring (bicyclic) bond motifs is 2. The molecule has 6 nitrogen and oxygen atoms in total. The Morgan fingerprint density at radius 3 is 2.76 bits per heavy atom. The lowest BCUT2D eigenvalue weighted by Gasteiger charge is -2.30. The molecular formula is C19H24N2O4. The molecule has 0 aliphatic carbocycles. The number of hydrogen-bond donors (Lipinski definition) is 1. The number of hydroxylamine groups is 1. The van der Waals surface area contributed by atoms with Gasteiger partial charge in [-0.1, -0.05) is 6.07 Å². The number of nitrogens with one attached hydrogen (secondary N) is 1. The summed E-state index contributed by atoms with van der Waals surface area (Å²) in [5, 5.41) is 0. The predicted molar refractivity (Wildman–Crippen MR) is 95.1 cm³/mol. The van der Waals surface area contributed by atoms with Crippen molar-refractivity contribution >= 4 is 12.0 Å². The van der Waals surface area contributed by atoms with Crippen molar-refractivity contribution in [3.63, 3.8) is 0 Å². The first-order valence-electron chi connectivity index (χ1n) is 8.40. The second-order valence-electron chi connectivity index (χ2n) is 6.33. The maximum Gasteiger partial charge on any atom is 0.355 e. The SMILES string of the molecule is COc1ccc(C=CC(=O)ONC2=CC3CCC(C2)N3C)cc1OC. The highest BCUT2D eigenvalue weighted by Crippen LogP contribution is 2.32. The molecule has 0 radical (unpaired) electrons. The molecule has 2 aliphatic heterocycles. The number of likely N-dealkylation sites (N-methyl/N-ethyl adjacent to an activating group) is 1. The number of carbonyl (C=O) groups excluding carboxylic acids is 1. The van der Waals surface area contributed by atoms with Crippen LogP contribution in [-0.2, 0) is 9.63 Å². The van der Waals surface area contributed by atoms with Crippen molar-refractivity contribution < 1.29 is 19.1 Å². The summed E-state index contributed by atoms with van der Waals surface area (Å²) in [6.45, 7) is 0. The van der Waals surface area contributed by atoms with E-state index in [0.29, 0.717) is 23.6 Å². The van der Waals surface area contributed by atoms with Gasteiger partial charge in [0.25, 0.3) is 0 Å². The van der Waals surface area contributed by atoms with Crippen LogP contribution in [0.2, 0.25) is 0 Å². The molecule has 25 heavy (non-hydrogen) atoms. The zero-order valence-corrected chi connectivity index (χ0v) is 14.8. The molecule has 2 bridgehead atoms. The van der Waals surface area contributed by atoms with E-state index in [9.17, 15) is 4.79 Å². The first-order chi connectivity index (χ1) is 12.1. The molecule has 1 N–H and O–H groups in total. The molecule has 0 spiro atoms. The van der Waals surface area contributed by atoms with Gasteiger partial charge in [-0.15, -0.1) is 0 Å². The number of benzene rings is 1. The molecule has 1 saturated heterocycles. The Morgan fingerprint density at radius 1 is 1.24 bits per heavy atom. The fourth-order valence-corrected chi connectivity index (χ4v) is 3.39. The molecule has 1 fully saturated rings. The van der Waals surface area contributed by atoms with Crippen LogP contribution in [0.25, 0.3) is 6.08 Å². The predicted octanol–water partition coefficient (Wildman–Crippen LogP) is 2.52. The van der Waals surface area contributed by atoms with Crippen molar-refractivity contribution in [3.05, 3.63) is 41.6 Å². The van der Waals surface area contributed by atoms with Crippen LogP contribution >= 0.6 is 0 Å². The molecular weight excluding hydrogens is 320 g/mol. The van der Waals surface area contributed by atoms with Gasteiger partial charge < -0.3 is 14.3 Å². The maximum absolute atomic E-state index is 11.9. The van der Waals surface area contributed by atoms with Crippen molar-refractivity contribution in [1.82, 2.24) is 10.4 Å². The van der Waals surface area contributed by atoms with Gasteiger partial charge in [-0.25, -0.2) is 10.3 Å². The van der Waals surface area contributed by atoms with Gasteiger partial charge in [0.1, 0.15) is 0 Å². The third kappa shape index (κ3) is 3.96. The lowest BCUT2D eigenvalue weighted by atomic mass is 10.1. The number of hydrogen-bond acceptors (Lipinski definition) is 6. The number of ether oxygens (including phenoxy) is 2. The zero-order chi connectivity index (χ0) is 17.8. The smallest absolute Gasteiger partial charge is 0.355 e. The lowest BCUT2D eigenvalue weighted by molar-refractivity contribution is -0.143. The van der Waals surface area contributed by atoms with Crippen LogP contribution in [0.5, 0.6) is 11.5 Å². The minimum atomic E-state index is -0.443. The number of nitrogens with zero attached hydrogens (tertiary/aromatic N) is 1. The Balaban J connectivity index is 1.54. The number of methoxy groups -OCH3 is 2. The third-order valence-corrected chi connectivity index (χ3v) is 4.85. The Kier molecular flexibility index (Phi) is 5.28. The molecule has 6 heteroatoms. The lowest BCUT2D eigenvalue weighted by Crippen LogP contribution is -2.37. The molecule has 134 valence electrons. The third-order valence-electron chi connectivity index (χ3n) is 4.85. The van der Waals surface area contributed by atoms with E-state index in [1.165, 1.54) is 18.9 Å². The van der Waals surface area contributed by atoms with Crippen molar-refractivity contribution in [2.24, 2.45) is 0 Å². The van der Waals surface area contributed by atoms with E-state index >= 15 is 0 Å². The fraction of sp³-hybridized carbons (Fsp3) is 0.421. The van der Waals surface area contributed by atoms with Crippen molar-refractivity contribution in [1.29, 1.82) is 0 Å². The van der Waals surface area contributed by atoms with Crippen molar-refractivity contribution in [2.45, 2.75) is 31.3 Å². The average Bonchev–Trinajstić information content (AvgIpc) is 2.85. The topological polar surface area (TPSA) is 60.0 Å². The van der Waals surface area contributed by atoms with E-state index in [0.717, 1.165) is 17.7 Å². The van der Waals surface area contributed by atoms with Crippen LogP contribution in [0.15, 0.2) is 36.0 Å². The summed E-state index contributed by atoms with van der Waals surface area (Å²) in [5.41, 5.74) is 4.62. The summed E-state index contributed by atoms with van der Waals surface area (Å²) in [6.07, 6.45) is 8.46.